The van der Waals surface area contributed by atoms with Crippen LogP contribution in [0.5, 0.6) is 0 Å². The van der Waals surface area contributed by atoms with Crippen LogP contribution in [0, 0.1) is 13.8 Å². The fourth-order valence-electron chi connectivity index (χ4n) is 7.38. The Balaban J connectivity index is 1.34. The molecule has 0 fully saturated rings. The van der Waals surface area contributed by atoms with Crippen LogP contribution in [0.2, 0.25) is 0 Å². The van der Waals surface area contributed by atoms with Crippen molar-refractivity contribution in [3.05, 3.63) is 154 Å². The predicted molar refractivity (Wildman–Crippen MR) is 183 cm³/mol. The van der Waals surface area contributed by atoms with Gasteiger partial charge in [0, 0.05) is 16.2 Å². The summed E-state index contributed by atoms with van der Waals surface area (Å²) in [4.78, 5) is 0. The maximum atomic E-state index is 6.30. The number of rotatable bonds is 4. The van der Waals surface area contributed by atoms with E-state index in [1.807, 2.05) is 6.07 Å². The van der Waals surface area contributed by atoms with E-state index in [4.69, 9.17) is 4.42 Å². The molecule has 1 heterocycles. The molecule has 7 aromatic rings. The smallest absolute Gasteiger partial charge is 0.136 e. The summed E-state index contributed by atoms with van der Waals surface area (Å²) in [5.74, 6) is 0. The molecule has 0 N–H and O–H groups in total. The van der Waals surface area contributed by atoms with Crippen molar-refractivity contribution in [2.45, 2.75) is 39.5 Å². The Bertz CT molecular complexity index is 2260. The third kappa shape index (κ3) is 4.07. The minimum Gasteiger partial charge on any atom is -0.456 e. The molecule has 208 valence electrons. The molecular formula is C42H34O. The highest BCUT2D eigenvalue weighted by Gasteiger charge is 2.37. The number of benzene rings is 6. The fourth-order valence-corrected chi connectivity index (χ4v) is 7.38. The summed E-state index contributed by atoms with van der Waals surface area (Å²) in [7, 11) is 0. The van der Waals surface area contributed by atoms with Crippen LogP contribution >= 0.6 is 0 Å². The Hall–Kier alpha value is -4.88. The molecule has 6 aromatic carbocycles. The molecule has 1 nitrogen and oxygen atoms in total. The lowest BCUT2D eigenvalue weighted by atomic mass is 9.80. The lowest BCUT2D eigenvalue weighted by molar-refractivity contribution is 0.660. The summed E-state index contributed by atoms with van der Waals surface area (Å²) < 4.78 is 6.30. The van der Waals surface area contributed by atoms with Gasteiger partial charge in [-0.3, -0.25) is 0 Å². The molecule has 1 aliphatic carbocycles. The molecule has 43 heavy (non-hydrogen) atoms. The molecule has 1 heteroatoms. The number of furan rings is 1. The van der Waals surface area contributed by atoms with Crippen LogP contribution in [0.1, 0.15) is 52.8 Å². The van der Waals surface area contributed by atoms with Gasteiger partial charge in [-0.15, -0.1) is 0 Å². The molecule has 0 amide bonds. The number of hydrogen-bond acceptors (Lipinski definition) is 1. The van der Waals surface area contributed by atoms with Crippen molar-refractivity contribution in [3.8, 4) is 11.1 Å². The lowest BCUT2D eigenvalue weighted by Crippen LogP contribution is -2.15. The highest BCUT2D eigenvalue weighted by molar-refractivity contribution is 6.11. The van der Waals surface area contributed by atoms with Gasteiger partial charge in [0.1, 0.15) is 11.2 Å². The Morgan fingerprint density at radius 3 is 2.26 bits per heavy atom. The molecule has 0 aliphatic heterocycles. The number of para-hydroxylation sites is 1. The van der Waals surface area contributed by atoms with Crippen LogP contribution in [0.4, 0.5) is 0 Å². The zero-order valence-corrected chi connectivity index (χ0v) is 25.2. The van der Waals surface area contributed by atoms with Crippen molar-refractivity contribution < 1.29 is 4.42 Å². The molecule has 1 aromatic heterocycles. The third-order valence-electron chi connectivity index (χ3n) is 9.48. The first-order valence-corrected chi connectivity index (χ1v) is 15.2. The lowest BCUT2D eigenvalue weighted by Gasteiger charge is -2.23. The van der Waals surface area contributed by atoms with E-state index in [9.17, 15) is 0 Å². The minimum atomic E-state index is -0.0826. The van der Waals surface area contributed by atoms with E-state index in [0.717, 1.165) is 23.0 Å². The van der Waals surface area contributed by atoms with E-state index >= 15 is 0 Å². The van der Waals surface area contributed by atoms with Gasteiger partial charge in [0.05, 0.1) is 0 Å². The Kier molecular flexibility index (Phi) is 5.74. The average molecular weight is 555 g/mol. The van der Waals surface area contributed by atoms with Crippen LogP contribution in [-0.2, 0) is 11.8 Å². The first-order chi connectivity index (χ1) is 20.9. The highest BCUT2D eigenvalue weighted by Crippen LogP contribution is 2.52. The van der Waals surface area contributed by atoms with Crippen molar-refractivity contribution in [2.24, 2.45) is 0 Å². The van der Waals surface area contributed by atoms with Crippen LogP contribution in [0.25, 0.3) is 55.5 Å². The number of aryl methyl sites for hydroxylation is 2. The Morgan fingerprint density at radius 1 is 0.674 bits per heavy atom. The highest BCUT2D eigenvalue weighted by atomic mass is 16.3. The average Bonchev–Trinajstić information content (AvgIpc) is 3.49. The molecule has 1 aliphatic rings. The predicted octanol–water partition coefficient (Wildman–Crippen LogP) is 11.4. The van der Waals surface area contributed by atoms with Crippen molar-refractivity contribution in [1.29, 1.82) is 0 Å². The number of allylic oxidation sites excluding steroid dienone is 1. The van der Waals surface area contributed by atoms with E-state index in [-0.39, 0.29) is 5.41 Å². The summed E-state index contributed by atoms with van der Waals surface area (Å²) in [5, 5.41) is 5.05. The molecule has 0 radical (unpaired) electrons. The maximum Gasteiger partial charge on any atom is 0.136 e. The quantitative estimate of drug-likeness (QED) is 0.197. The van der Waals surface area contributed by atoms with Crippen molar-refractivity contribution in [1.82, 2.24) is 0 Å². The molecule has 0 unspecified atom stereocenters. The zero-order valence-electron chi connectivity index (χ0n) is 25.2. The molecule has 0 bridgehead atoms. The van der Waals surface area contributed by atoms with Gasteiger partial charge >= 0.3 is 0 Å². The second-order valence-electron chi connectivity index (χ2n) is 12.7. The summed E-state index contributed by atoms with van der Waals surface area (Å²) in [5.41, 5.74) is 15.0. The van der Waals surface area contributed by atoms with Crippen LogP contribution in [-0.4, -0.2) is 0 Å². The summed E-state index contributed by atoms with van der Waals surface area (Å²) in [6.07, 6.45) is 3.24. The normalized spacial score (nSPS) is 14.0. The van der Waals surface area contributed by atoms with Crippen LogP contribution in [0.15, 0.2) is 120 Å². The van der Waals surface area contributed by atoms with E-state index in [1.54, 1.807) is 0 Å². The zero-order chi connectivity index (χ0) is 29.3. The molecule has 0 atom stereocenters. The molecular weight excluding hydrogens is 520 g/mol. The van der Waals surface area contributed by atoms with Gasteiger partial charge in [0.15, 0.2) is 0 Å². The molecule has 0 saturated carbocycles. The summed E-state index contributed by atoms with van der Waals surface area (Å²) in [6, 6.07) is 42.1. The largest absolute Gasteiger partial charge is 0.456 e. The first-order valence-electron chi connectivity index (χ1n) is 15.2. The molecule has 0 saturated heterocycles. The minimum absolute atomic E-state index is 0.0826. The Morgan fingerprint density at radius 2 is 1.42 bits per heavy atom. The van der Waals surface area contributed by atoms with E-state index in [0.29, 0.717) is 0 Å². The maximum absolute atomic E-state index is 6.30. The van der Waals surface area contributed by atoms with Gasteiger partial charge in [-0.1, -0.05) is 129 Å². The summed E-state index contributed by atoms with van der Waals surface area (Å²) in [6.45, 7) is 9.17. The van der Waals surface area contributed by atoms with Gasteiger partial charge in [0.25, 0.3) is 0 Å². The van der Waals surface area contributed by atoms with E-state index < -0.39 is 0 Å². The standard InChI is InChI=1S/C42H34O/c1-26-11-9-12-28(21-26)23-30(32-16-10-18-39-41(32)35-15-7-8-17-38(35)43-39)24-29-19-20-34-36(25-29)42(3,4)37-22-27(2)31-13-5-6-14-33(31)40(34)37/h5-22,24-25H,23H2,1-4H3/b30-24-. The van der Waals surface area contributed by atoms with Crippen molar-refractivity contribution >= 4 is 44.4 Å². The van der Waals surface area contributed by atoms with Gasteiger partial charge in [-0.25, -0.2) is 0 Å². The first kappa shape index (κ1) is 25.8. The second-order valence-corrected chi connectivity index (χ2v) is 12.7. The van der Waals surface area contributed by atoms with E-state index in [2.05, 4.69) is 143 Å². The van der Waals surface area contributed by atoms with E-state index in [1.165, 1.54) is 71.8 Å². The van der Waals surface area contributed by atoms with Crippen molar-refractivity contribution in [2.75, 3.05) is 0 Å². The monoisotopic (exact) mass is 554 g/mol. The van der Waals surface area contributed by atoms with Crippen molar-refractivity contribution in [3.63, 3.8) is 0 Å². The fraction of sp³-hybridized carbons (Fsp3) is 0.143. The number of hydrogen-bond donors (Lipinski definition) is 0. The van der Waals surface area contributed by atoms with Gasteiger partial charge in [-0.05, 0) is 93.3 Å². The van der Waals surface area contributed by atoms with Crippen LogP contribution < -0.4 is 0 Å². The van der Waals surface area contributed by atoms with Gasteiger partial charge in [-0.2, -0.15) is 0 Å². The Labute approximate surface area is 253 Å². The molecule has 8 rings (SSSR count). The SMILES string of the molecule is Cc1cccc(C/C(=C/c2ccc3c(c2)C(C)(C)c2cc(C)c4ccccc4c2-3)c2cccc3oc4ccccc4c23)c1. The third-order valence-corrected chi connectivity index (χ3v) is 9.48. The topological polar surface area (TPSA) is 13.1 Å². The van der Waals surface area contributed by atoms with Gasteiger partial charge < -0.3 is 4.42 Å². The molecule has 0 spiro atoms. The summed E-state index contributed by atoms with van der Waals surface area (Å²) >= 11 is 0. The number of fused-ring (bicyclic) bond motifs is 8. The second kappa shape index (κ2) is 9.57. The van der Waals surface area contributed by atoms with Crippen LogP contribution in [0.3, 0.4) is 0 Å². The van der Waals surface area contributed by atoms with Gasteiger partial charge in [0.2, 0.25) is 0 Å².